The summed E-state index contributed by atoms with van der Waals surface area (Å²) in [6.07, 6.45) is 2.09. The molecule has 2 heterocycles. The topological polar surface area (TPSA) is 99.7 Å². The molecule has 28 heavy (non-hydrogen) atoms. The lowest BCUT2D eigenvalue weighted by atomic mass is 9.74. The first-order valence-electron chi connectivity index (χ1n) is 9.94. The third kappa shape index (κ3) is 4.25. The summed E-state index contributed by atoms with van der Waals surface area (Å²) in [6.45, 7) is 4.78. The number of aromatic nitrogens is 2. The molecule has 2 N–H and O–H groups in total. The van der Waals surface area contributed by atoms with Gasteiger partial charge in [0.05, 0.1) is 12.7 Å². The summed E-state index contributed by atoms with van der Waals surface area (Å²) in [5.41, 5.74) is 1.36. The minimum absolute atomic E-state index is 0.0172. The van der Waals surface area contributed by atoms with Crippen LogP contribution in [0.1, 0.15) is 44.1 Å². The number of aryl methyl sites for hydroxylation is 2. The smallest absolute Gasteiger partial charge is 0.227 e. The summed E-state index contributed by atoms with van der Waals surface area (Å²) in [5, 5.41) is 24.2. The average molecular weight is 387 g/mol. The maximum Gasteiger partial charge on any atom is 0.227 e. The molecule has 1 amide bonds. The number of nitrogens with zero attached hydrogens (tertiary/aromatic N) is 3. The number of amides is 1. The molecule has 2 atom stereocenters. The van der Waals surface area contributed by atoms with Crippen LogP contribution < -0.4 is 0 Å². The van der Waals surface area contributed by atoms with Crippen LogP contribution in [0.2, 0.25) is 0 Å². The van der Waals surface area contributed by atoms with Gasteiger partial charge in [-0.2, -0.15) is 4.98 Å². The molecule has 7 heteroatoms. The normalized spacial score (nSPS) is 22.4. The number of carbonyl (C=O) groups excluding carboxylic acids is 1. The molecule has 0 radical (unpaired) electrons. The Morgan fingerprint density at radius 2 is 2.18 bits per heavy atom. The number of aliphatic hydroxyl groups excluding tert-OH is 2. The van der Waals surface area contributed by atoms with Crippen molar-refractivity contribution in [3.8, 4) is 11.4 Å². The summed E-state index contributed by atoms with van der Waals surface area (Å²) in [5.74, 6) is 0.950. The zero-order chi connectivity index (χ0) is 20.1. The molecular weight excluding hydrogens is 358 g/mol. The quantitative estimate of drug-likeness (QED) is 0.756. The Balaban J connectivity index is 1.61. The molecule has 0 spiro atoms. The first-order valence-corrected chi connectivity index (χ1v) is 9.94. The molecule has 152 valence electrons. The highest BCUT2D eigenvalue weighted by Crippen LogP contribution is 2.35. The minimum Gasteiger partial charge on any atom is -0.396 e. The van der Waals surface area contributed by atoms with Gasteiger partial charge in [-0.3, -0.25) is 4.79 Å². The van der Waals surface area contributed by atoms with E-state index in [1.807, 2.05) is 38.1 Å². The highest BCUT2D eigenvalue weighted by molar-refractivity contribution is 5.76. The average Bonchev–Trinajstić information content (AvgIpc) is 3.17. The monoisotopic (exact) mass is 387 g/mol. The molecule has 0 aliphatic carbocycles. The number of piperidine rings is 1. The van der Waals surface area contributed by atoms with Crippen LogP contribution in [0.5, 0.6) is 0 Å². The van der Waals surface area contributed by atoms with E-state index in [9.17, 15) is 15.0 Å². The van der Waals surface area contributed by atoms with Crippen molar-refractivity contribution in [2.24, 2.45) is 5.41 Å². The number of hydrogen-bond donors (Lipinski definition) is 2. The number of benzene rings is 1. The van der Waals surface area contributed by atoms with E-state index in [2.05, 4.69) is 10.1 Å². The molecule has 1 aromatic heterocycles. The molecular formula is C21H29N3O4. The van der Waals surface area contributed by atoms with Gasteiger partial charge in [0.2, 0.25) is 17.6 Å². The van der Waals surface area contributed by atoms with Crippen molar-refractivity contribution < 1.29 is 19.5 Å². The summed E-state index contributed by atoms with van der Waals surface area (Å²) in [4.78, 5) is 18.9. The highest BCUT2D eigenvalue weighted by atomic mass is 16.5. The van der Waals surface area contributed by atoms with Crippen LogP contribution >= 0.6 is 0 Å². The van der Waals surface area contributed by atoms with Crippen LogP contribution in [-0.4, -0.2) is 57.0 Å². The predicted octanol–water partition coefficient (Wildman–Crippen LogP) is 2.35. The molecule has 3 rings (SSSR count). The maximum absolute atomic E-state index is 12.7. The molecule has 1 saturated heterocycles. The number of likely N-dealkylation sites (tertiary alicyclic amines) is 1. The summed E-state index contributed by atoms with van der Waals surface area (Å²) in [6, 6.07) is 7.81. The molecule has 2 aromatic rings. The maximum atomic E-state index is 12.7. The lowest BCUT2D eigenvalue weighted by Gasteiger charge is -2.45. The van der Waals surface area contributed by atoms with Gasteiger partial charge in [-0.05, 0) is 25.3 Å². The number of aliphatic hydroxyl groups is 2. The van der Waals surface area contributed by atoms with E-state index in [-0.39, 0.29) is 18.9 Å². The third-order valence-corrected chi connectivity index (χ3v) is 5.71. The summed E-state index contributed by atoms with van der Waals surface area (Å²) >= 11 is 0. The van der Waals surface area contributed by atoms with Crippen molar-refractivity contribution in [2.75, 3.05) is 19.7 Å². The highest BCUT2D eigenvalue weighted by Gasteiger charge is 2.42. The minimum atomic E-state index is -0.620. The SMILES string of the molecule is CCC[C@@]1(CO)CN(C(=O)CCc2nc(-c3ccccc3C)no2)CC[C@H]1O. The van der Waals surface area contributed by atoms with Crippen molar-refractivity contribution >= 4 is 5.91 Å². The van der Waals surface area contributed by atoms with Crippen molar-refractivity contribution in [1.82, 2.24) is 15.0 Å². The first kappa shape index (κ1) is 20.5. The van der Waals surface area contributed by atoms with Crippen LogP contribution in [0.4, 0.5) is 0 Å². The van der Waals surface area contributed by atoms with Crippen molar-refractivity contribution in [3.63, 3.8) is 0 Å². The van der Waals surface area contributed by atoms with Crippen LogP contribution in [0, 0.1) is 12.3 Å². The van der Waals surface area contributed by atoms with Crippen molar-refractivity contribution in [2.45, 2.75) is 52.1 Å². The fourth-order valence-electron chi connectivity index (χ4n) is 4.00. The number of carbonyl (C=O) groups is 1. The Bertz CT molecular complexity index is 806. The molecule has 1 fully saturated rings. The Hall–Kier alpha value is -2.25. The molecule has 0 unspecified atom stereocenters. The Morgan fingerprint density at radius 1 is 1.39 bits per heavy atom. The van der Waals surface area contributed by atoms with Gasteiger partial charge in [0.1, 0.15) is 0 Å². The Labute approximate surface area is 165 Å². The zero-order valence-corrected chi connectivity index (χ0v) is 16.6. The van der Waals surface area contributed by atoms with Crippen molar-refractivity contribution in [3.05, 3.63) is 35.7 Å². The van der Waals surface area contributed by atoms with Gasteiger partial charge in [0.15, 0.2) is 0 Å². The van der Waals surface area contributed by atoms with Gasteiger partial charge in [-0.25, -0.2) is 0 Å². The second-order valence-corrected chi connectivity index (χ2v) is 7.72. The largest absolute Gasteiger partial charge is 0.396 e. The number of rotatable bonds is 7. The van der Waals surface area contributed by atoms with Gasteiger partial charge in [0.25, 0.3) is 0 Å². The summed E-state index contributed by atoms with van der Waals surface area (Å²) in [7, 11) is 0. The fraction of sp³-hybridized carbons (Fsp3) is 0.571. The molecule has 0 saturated carbocycles. The van der Waals surface area contributed by atoms with Crippen molar-refractivity contribution in [1.29, 1.82) is 0 Å². The molecule has 7 nitrogen and oxygen atoms in total. The zero-order valence-electron chi connectivity index (χ0n) is 16.6. The number of hydrogen-bond acceptors (Lipinski definition) is 6. The molecule has 1 aromatic carbocycles. The van der Waals surface area contributed by atoms with E-state index in [1.54, 1.807) is 4.90 Å². The molecule has 0 bridgehead atoms. The van der Waals surface area contributed by atoms with Gasteiger partial charge in [-0.15, -0.1) is 0 Å². The van der Waals surface area contributed by atoms with Gasteiger partial charge < -0.3 is 19.6 Å². The Morgan fingerprint density at radius 3 is 2.89 bits per heavy atom. The van der Waals surface area contributed by atoms with Crippen LogP contribution in [0.25, 0.3) is 11.4 Å². The van der Waals surface area contributed by atoms with Crippen LogP contribution in [-0.2, 0) is 11.2 Å². The van der Waals surface area contributed by atoms with E-state index >= 15 is 0 Å². The van der Waals surface area contributed by atoms with Gasteiger partial charge in [-0.1, -0.05) is 42.8 Å². The van der Waals surface area contributed by atoms with E-state index in [0.29, 0.717) is 44.1 Å². The lowest BCUT2D eigenvalue weighted by Crippen LogP contribution is -2.55. The standard InChI is InChI=1S/C21H29N3O4/c1-3-11-21(14-25)13-24(12-10-17(21)26)19(27)9-8-18-22-20(23-28-18)16-7-5-4-6-15(16)2/h4-7,17,25-26H,3,8-14H2,1-2H3/t17-,21+/m1/s1. The predicted molar refractivity (Wildman–Crippen MR) is 104 cm³/mol. The lowest BCUT2D eigenvalue weighted by molar-refractivity contribution is -0.142. The van der Waals surface area contributed by atoms with Crippen LogP contribution in [0.15, 0.2) is 28.8 Å². The van der Waals surface area contributed by atoms with E-state index < -0.39 is 11.5 Å². The van der Waals surface area contributed by atoms with E-state index in [0.717, 1.165) is 17.5 Å². The van der Waals surface area contributed by atoms with Gasteiger partial charge >= 0.3 is 0 Å². The first-order chi connectivity index (χ1) is 13.5. The molecule has 1 aliphatic heterocycles. The second-order valence-electron chi connectivity index (χ2n) is 7.72. The molecule has 1 aliphatic rings. The fourth-order valence-corrected chi connectivity index (χ4v) is 4.00. The summed E-state index contributed by atoms with van der Waals surface area (Å²) < 4.78 is 5.32. The van der Waals surface area contributed by atoms with E-state index in [1.165, 1.54) is 0 Å². The van der Waals surface area contributed by atoms with Gasteiger partial charge in [0, 0.05) is 36.9 Å². The van der Waals surface area contributed by atoms with Crippen LogP contribution in [0.3, 0.4) is 0 Å². The Kier molecular flexibility index (Phi) is 6.46. The third-order valence-electron chi connectivity index (χ3n) is 5.71. The van der Waals surface area contributed by atoms with E-state index in [4.69, 9.17) is 4.52 Å². The second kappa shape index (κ2) is 8.84.